The van der Waals surface area contributed by atoms with Crippen molar-refractivity contribution in [2.45, 2.75) is 50.2 Å². The van der Waals surface area contributed by atoms with Gasteiger partial charge in [0.15, 0.2) is 0 Å². The molecule has 3 rings (SSSR count). The Hall–Kier alpha value is -0.870. The normalized spacial score (nSPS) is 34.8. The molecule has 1 amide bonds. The van der Waals surface area contributed by atoms with Crippen molar-refractivity contribution in [2.24, 2.45) is 0 Å². The summed E-state index contributed by atoms with van der Waals surface area (Å²) in [7, 11) is 0. The number of hydrogen-bond acceptors (Lipinski definition) is 3. The fourth-order valence-electron chi connectivity index (χ4n) is 4.17. The minimum absolute atomic E-state index is 0.167. The molecule has 0 saturated carbocycles. The number of hydrogen-bond donors (Lipinski definition) is 0. The van der Waals surface area contributed by atoms with E-state index in [4.69, 9.17) is 4.74 Å². The Balaban J connectivity index is 1.69. The van der Waals surface area contributed by atoms with Crippen molar-refractivity contribution < 1.29 is 9.53 Å². The van der Waals surface area contributed by atoms with E-state index in [1.165, 1.54) is 19.3 Å². The molecule has 4 heteroatoms. The van der Waals surface area contributed by atoms with E-state index in [9.17, 15) is 4.79 Å². The molecule has 0 N–H and O–H groups in total. The van der Waals surface area contributed by atoms with Crippen LogP contribution in [0.3, 0.4) is 0 Å². The molecule has 1 spiro atoms. The van der Waals surface area contributed by atoms with E-state index < -0.39 is 0 Å². The Bertz CT molecular complexity index is 379. The van der Waals surface area contributed by atoms with Gasteiger partial charge < -0.3 is 9.64 Å². The minimum Gasteiger partial charge on any atom is -0.368 e. The van der Waals surface area contributed by atoms with Gasteiger partial charge in [-0.2, -0.15) is 0 Å². The van der Waals surface area contributed by atoms with Gasteiger partial charge >= 0.3 is 0 Å². The van der Waals surface area contributed by atoms with Crippen molar-refractivity contribution >= 4 is 5.91 Å². The van der Waals surface area contributed by atoms with Crippen LogP contribution in [-0.4, -0.2) is 60.1 Å². The summed E-state index contributed by atoms with van der Waals surface area (Å²) >= 11 is 0. The number of rotatable bonds is 3. The molecule has 112 valence electrons. The predicted octanol–water partition coefficient (Wildman–Crippen LogP) is 1.81. The lowest BCUT2D eigenvalue weighted by Gasteiger charge is -2.46. The maximum atomic E-state index is 12.6. The van der Waals surface area contributed by atoms with E-state index in [2.05, 4.69) is 16.4 Å². The third-order valence-corrected chi connectivity index (χ3v) is 5.16. The van der Waals surface area contributed by atoms with Crippen LogP contribution in [0.2, 0.25) is 0 Å². The maximum Gasteiger partial charge on any atom is 0.251 e. The molecule has 0 aromatic rings. The molecular formula is C16H26N2O2. The highest BCUT2D eigenvalue weighted by Gasteiger charge is 2.45. The molecule has 3 fully saturated rings. The van der Waals surface area contributed by atoms with Gasteiger partial charge in [0.25, 0.3) is 5.91 Å². The fraction of sp³-hybridized carbons (Fsp3) is 0.812. The SMILES string of the molecule is C=CCN1CCC[C@@]12CCCN(C(=O)[C@H]1CCCO1)C2. The monoisotopic (exact) mass is 278 g/mol. The molecule has 0 unspecified atom stereocenters. The molecule has 0 aliphatic carbocycles. The van der Waals surface area contributed by atoms with Crippen LogP contribution in [0.15, 0.2) is 12.7 Å². The summed E-state index contributed by atoms with van der Waals surface area (Å²) in [4.78, 5) is 17.2. The summed E-state index contributed by atoms with van der Waals surface area (Å²) < 4.78 is 5.57. The minimum atomic E-state index is -0.167. The van der Waals surface area contributed by atoms with Crippen LogP contribution in [0, 0.1) is 0 Å². The van der Waals surface area contributed by atoms with E-state index in [0.717, 1.165) is 52.0 Å². The first-order valence-electron chi connectivity index (χ1n) is 8.01. The van der Waals surface area contributed by atoms with Crippen LogP contribution < -0.4 is 0 Å². The number of carbonyl (C=O) groups is 1. The molecule has 0 aromatic heterocycles. The summed E-state index contributed by atoms with van der Waals surface area (Å²) in [5.41, 5.74) is 0.209. The van der Waals surface area contributed by atoms with Crippen molar-refractivity contribution in [3.8, 4) is 0 Å². The van der Waals surface area contributed by atoms with Gasteiger partial charge in [0.1, 0.15) is 6.10 Å². The molecular weight excluding hydrogens is 252 g/mol. The largest absolute Gasteiger partial charge is 0.368 e. The summed E-state index contributed by atoms with van der Waals surface area (Å²) in [6, 6.07) is 0. The zero-order chi connectivity index (χ0) is 14.0. The highest BCUT2D eigenvalue weighted by atomic mass is 16.5. The van der Waals surface area contributed by atoms with Gasteiger partial charge in [-0.3, -0.25) is 9.69 Å². The zero-order valence-electron chi connectivity index (χ0n) is 12.4. The van der Waals surface area contributed by atoms with Gasteiger partial charge in [-0.25, -0.2) is 0 Å². The van der Waals surface area contributed by atoms with Gasteiger partial charge in [0, 0.05) is 31.8 Å². The smallest absolute Gasteiger partial charge is 0.251 e. The Morgan fingerprint density at radius 2 is 2.10 bits per heavy atom. The van der Waals surface area contributed by atoms with Crippen molar-refractivity contribution in [3.05, 3.63) is 12.7 Å². The average molecular weight is 278 g/mol. The Morgan fingerprint density at radius 3 is 2.80 bits per heavy atom. The van der Waals surface area contributed by atoms with Crippen LogP contribution in [0.4, 0.5) is 0 Å². The second-order valence-electron chi connectivity index (χ2n) is 6.43. The summed E-state index contributed by atoms with van der Waals surface area (Å²) in [6.07, 6.45) is 8.55. The van der Waals surface area contributed by atoms with E-state index in [0.29, 0.717) is 0 Å². The fourth-order valence-corrected chi connectivity index (χ4v) is 4.17. The standard InChI is InChI=1S/C16H26N2O2/c1-2-9-18-11-5-8-16(18)7-4-10-17(13-16)15(19)14-6-3-12-20-14/h2,14H,1,3-13H2/t14-,16-/m1/s1. The first-order chi connectivity index (χ1) is 9.75. The third-order valence-electron chi connectivity index (χ3n) is 5.16. The highest BCUT2D eigenvalue weighted by Crippen LogP contribution is 2.37. The number of amides is 1. The van der Waals surface area contributed by atoms with Gasteiger partial charge in [-0.05, 0) is 45.1 Å². The van der Waals surface area contributed by atoms with E-state index >= 15 is 0 Å². The molecule has 0 radical (unpaired) electrons. The van der Waals surface area contributed by atoms with Crippen LogP contribution in [0.25, 0.3) is 0 Å². The molecule has 3 aliphatic rings. The van der Waals surface area contributed by atoms with Gasteiger partial charge in [-0.15, -0.1) is 6.58 Å². The topological polar surface area (TPSA) is 32.8 Å². The molecule has 3 heterocycles. The summed E-state index contributed by atoms with van der Waals surface area (Å²) in [6.45, 7) is 8.51. The number of carbonyl (C=O) groups excluding carboxylic acids is 1. The Labute approximate surface area is 121 Å². The van der Waals surface area contributed by atoms with E-state index in [-0.39, 0.29) is 17.6 Å². The molecule has 20 heavy (non-hydrogen) atoms. The number of nitrogens with zero attached hydrogens (tertiary/aromatic N) is 2. The predicted molar refractivity (Wildman–Crippen MR) is 78.5 cm³/mol. The summed E-state index contributed by atoms with van der Waals surface area (Å²) in [5, 5.41) is 0. The van der Waals surface area contributed by atoms with Gasteiger partial charge in [0.2, 0.25) is 0 Å². The molecule has 0 aromatic carbocycles. The van der Waals surface area contributed by atoms with Crippen molar-refractivity contribution in [2.75, 3.05) is 32.8 Å². The Kier molecular flexibility index (Phi) is 4.13. The van der Waals surface area contributed by atoms with Crippen LogP contribution in [0.1, 0.15) is 38.5 Å². The van der Waals surface area contributed by atoms with Crippen molar-refractivity contribution in [1.82, 2.24) is 9.80 Å². The first-order valence-corrected chi connectivity index (χ1v) is 8.01. The lowest BCUT2D eigenvalue weighted by atomic mass is 9.86. The lowest BCUT2D eigenvalue weighted by Crippen LogP contribution is -2.58. The quantitative estimate of drug-likeness (QED) is 0.738. The molecule has 3 aliphatic heterocycles. The van der Waals surface area contributed by atoms with Crippen LogP contribution in [0.5, 0.6) is 0 Å². The molecule has 4 nitrogen and oxygen atoms in total. The van der Waals surface area contributed by atoms with E-state index in [1.807, 2.05) is 6.08 Å². The number of ether oxygens (including phenoxy) is 1. The summed E-state index contributed by atoms with van der Waals surface area (Å²) in [5.74, 6) is 0.229. The molecule has 2 atom stereocenters. The second kappa shape index (κ2) is 5.86. The highest BCUT2D eigenvalue weighted by molar-refractivity contribution is 5.81. The molecule has 0 bridgehead atoms. The lowest BCUT2D eigenvalue weighted by molar-refractivity contribution is -0.144. The van der Waals surface area contributed by atoms with E-state index in [1.54, 1.807) is 0 Å². The molecule has 3 saturated heterocycles. The van der Waals surface area contributed by atoms with Gasteiger partial charge in [-0.1, -0.05) is 6.08 Å². The Morgan fingerprint density at radius 1 is 1.30 bits per heavy atom. The number of likely N-dealkylation sites (tertiary alicyclic amines) is 2. The second-order valence-corrected chi connectivity index (χ2v) is 6.43. The number of piperidine rings is 1. The van der Waals surface area contributed by atoms with Crippen LogP contribution in [-0.2, 0) is 9.53 Å². The first kappa shape index (κ1) is 14.1. The van der Waals surface area contributed by atoms with Gasteiger partial charge in [0.05, 0.1) is 0 Å². The maximum absolute atomic E-state index is 12.6. The zero-order valence-corrected chi connectivity index (χ0v) is 12.4. The van der Waals surface area contributed by atoms with Crippen molar-refractivity contribution in [1.29, 1.82) is 0 Å². The third kappa shape index (κ3) is 2.51. The van der Waals surface area contributed by atoms with Crippen molar-refractivity contribution in [3.63, 3.8) is 0 Å². The van der Waals surface area contributed by atoms with Crippen LogP contribution >= 0.6 is 0 Å². The average Bonchev–Trinajstić information content (AvgIpc) is 3.10.